The topological polar surface area (TPSA) is 38.9 Å². The molecule has 2 heteroatoms. The Hall–Kier alpha value is -1.57. The van der Waals surface area contributed by atoms with Crippen LogP contribution in [-0.2, 0) is 12.8 Å². The maximum Gasteiger partial charge on any atom is 0.0728 e. The third kappa shape index (κ3) is 1.22. The van der Waals surface area contributed by atoms with Gasteiger partial charge >= 0.3 is 0 Å². The van der Waals surface area contributed by atoms with Gasteiger partial charge in [0.05, 0.1) is 5.52 Å². The molecule has 0 saturated heterocycles. The van der Waals surface area contributed by atoms with Crippen molar-refractivity contribution >= 4 is 16.6 Å². The zero-order valence-electron chi connectivity index (χ0n) is 9.75. The van der Waals surface area contributed by atoms with E-state index >= 15 is 0 Å². The lowest BCUT2D eigenvalue weighted by Crippen LogP contribution is -1.99. The minimum Gasteiger partial charge on any atom is -0.398 e. The number of hydrogen-bond donors (Lipinski definition) is 1. The van der Waals surface area contributed by atoms with Crippen LogP contribution < -0.4 is 5.73 Å². The van der Waals surface area contributed by atoms with E-state index in [2.05, 4.69) is 32.0 Å². The first-order chi connectivity index (χ1) is 7.66. The second-order valence-corrected chi connectivity index (χ2v) is 4.93. The zero-order chi connectivity index (χ0) is 11.3. The Morgan fingerprint density at radius 1 is 1.31 bits per heavy atom. The Balaban J connectivity index is 2.39. The molecule has 0 fully saturated rings. The number of aryl methyl sites for hydroxylation is 1. The predicted molar refractivity (Wildman–Crippen MR) is 67.5 cm³/mol. The van der Waals surface area contributed by atoms with Crippen molar-refractivity contribution in [2.45, 2.75) is 26.7 Å². The van der Waals surface area contributed by atoms with E-state index < -0.39 is 0 Å². The van der Waals surface area contributed by atoms with E-state index in [1.54, 1.807) is 0 Å². The third-order valence-electron chi connectivity index (χ3n) is 3.54. The third-order valence-corrected chi connectivity index (χ3v) is 3.54. The molecule has 2 aromatic rings. The summed E-state index contributed by atoms with van der Waals surface area (Å²) in [5.41, 5.74) is 12.0. The van der Waals surface area contributed by atoms with Crippen LogP contribution in [0.3, 0.4) is 0 Å². The lowest BCUT2D eigenvalue weighted by atomic mass is 10.0. The van der Waals surface area contributed by atoms with Crippen molar-refractivity contribution in [3.05, 3.63) is 35.0 Å². The minimum atomic E-state index is 0.682. The Morgan fingerprint density at radius 3 is 2.94 bits per heavy atom. The standard InChI is InChI=1S/C14H16N2/c1-8-6-10-12(7-8)16-11-5-3-4-9(2)13(11)14(10)15/h3-5,8H,6-7H2,1-2H3,(H2,15,16). The highest BCUT2D eigenvalue weighted by atomic mass is 14.7. The fourth-order valence-corrected chi connectivity index (χ4v) is 2.76. The molecule has 1 aliphatic carbocycles. The smallest absolute Gasteiger partial charge is 0.0728 e. The summed E-state index contributed by atoms with van der Waals surface area (Å²) in [6.45, 7) is 4.36. The van der Waals surface area contributed by atoms with Gasteiger partial charge in [0.15, 0.2) is 0 Å². The number of benzene rings is 1. The Labute approximate surface area is 95.5 Å². The summed E-state index contributed by atoms with van der Waals surface area (Å²) in [4.78, 5) is 4.75. The maximum absolute atomic E-state index is 6.29. The normalized spacial score (nSPS) is 19.0. The average Bonchev–Trinajstić information content (AvgIpc) is 2.59. The van der Waals surface area contributed by atoms with Crippen LogP contribution in [0.1, 0.15) is 23.7 Å². The zero-order valence-corrected chi connectivity index (χ0v) is 9.75. The van der Waals surface area contributed by atoms with Crippen LogP contribution in [0.2, 0.25) is 0 Å². The highest BCUT2D eigenvalue weighted by Crippen LogP contribution is 2.35. The summed E-state index contributed by atoms with van der Waals surface area (Å²) in [5.74, 6) is 0.682. The highest BCUT2D eigenvalue weighted by molar-refractivity contribution is 5.95. The summed E-state index contributed by atoms with van der Waals surface area (Å²) >= 11 is 0. The first-order valence-electron chi connectivity index (χ1n) is 5.83. The monoisotopic (exact) mass is 212 g/mol. The van der Waals surface area contributed by atoms with Crippen LogP contribution in [0, 0.1) is 12.8 Å². The molecule has 1 unspecified atom stereocenters. The molecule has 2 nitrogen and oxygen atoms in total. The van der Waals surface area contributed by atoms with Crippen molar-refractivity contribution in [1.29, 1.82) is 0 Å². The highest BCUT2D eigenvalue weighted by Gasteiger charge is 2.23. The first kappa shape index (κ1) is 9.64. The molecule has 1 aromatic carbocycles. The number of aromatic nitrogens is 1. The Bertz CT molecular complexity index is 572. The molecule has 1 aromatic heterocycles. The van der Waals surface area contributed by atoms with Crippen LogP contribution in [0.4, 0.5) is 5.69 Å². The number of anilines is 1. The van der Waals surface area contributed by atoms with Crippen LogP contribution in [0.25, 0.3) is 10.9 Å². The van der Waals surface area contributed by atoms with E-state index in [1.165, 1.54) is 16.8 Å². The SMILES string of the molecule is Cc1cccc2nc3c(c(N)c12)CC(C)C3. The molecule has 0 radical (unpaired) electrons. The van der Waals surface area contributed by atoms with Gasteiger partial charge in [0.1, 0.15) is 0 Å². The molecule has 0 amide bonds. The molecule has 0 saturated carbocycles. The maximum atomic E-state index is 6.29. The van der Waals surface area contributed by atoms with Crippen molar-refractivity contribution < 1.29 is 0 Å². The molecule has 0 spiro atoms. The second-order valence-electron chi connectivity index (χ2n) is 4.93. The summed E-state index contributed by atoms with van der Waals surface area (Å²) in [5, 5.41) is 1.15. The summed E-state index contributed by atoms with van der Waals surface area (Å²) < 4.78 is 0. The van der Waals surface area contributed by atoms with Crippen molar-refractivity contribution in [3.63, 3.8) is 0 Å². The summed E-state index contributed by atoms with van der Waals surface area (Å²) in [7, 11) is 0. The molecule has 3 rings (SSSR count). The summed E-state index contributed by atoms with van der Waals surface area (Å²) in [6.07, 6.45) is 2.15. The average molecular weight is 212 g/mol. The predicted octanol–water partition coefficient (Wildman–Crippen LogP) is 2.86. The van der Waals surface area contributed by atoms with Gasteiger partial charge < -0.3 is 5.73 Å². The van der Waals surface area contributed by atoms with Crippen LogP contribution >= 0.6 is 0 Å². The van der Waals surface area contributed by atoms with E-state index in [0.29, 0.717) is 5.92 Å². The molecule has 16 heavy (non-hydrogen) atoms. The number of pyridine rings is 1. The molecule has 82 valence electrons. The van der Waals surface area contributed by atoms with Crippen molar-refractivity contribution in [1.82, 2.24) is 4.98 Å². The molecule has 0 aliphatic heterocycles. The van der Waals surface area contributed by atoms with E-state index in [9.17, 15) is 0 Å². The lowest BCUT2D eigenvalue weighted by Gasteiger charge is -2.09. The summed E-state index contributed by atoms with van der Waals surface area (Å²) in [6, 6.07) is 6.21. The fraction of sp³-hybridized carbons (Fsp3) is 0.357. The van der Waals surface area contributed by atoms with Crippen LogP contribution in [0.5, 0.6) is 0 Å². The number of nitrogens with two attached hydrogens (primary N) is 1. The van der Waals surface area contributed by atoms with Gasteiger partial charge in [-0.2, -0.15) is 0 Å². The number of hydrogen-bond acceptors (Lipinski definition) is 2. The first-order valence-corrected chi connectivity index (χ1v) is 5.83. The van der Waals surface area contributed by atoms with Gasteiger partial charge in [-0.25, -0.2) is 0 Å². The van der Waals surface area contributed by atoms with Gasteiger partial charge in [-0.1, -0.05) is 19.1 Å². The number of rotatable bonds is 0. The van der Waals surface area contributed by atoms with E-state index in [4.69, 9.17) is 10.7 Å². The van der Waals surface area contributed by atoms with Gasteiger partial charge in [-0.3, -0.25) is 4.98 Å². The molecular formula is C14H16N2. The molecule has 1 aliphatic rings. The molecule has 2 N–H and O–H groups in total. The molecule has 1 heterocycles. The number of fused-ring (bicyclic) bond motifs is 2. The van der Waals surface area contributed by atoms with E-state index in [0.717, 1.165) is 29.4 Å². The Morgan fingerprint density at radius 2 is 2.12 bits per heavy atom. The van der Waals surface area contributed by atoms with Gasteiger partial charge in [-0.05, 0) is 42.9 Å². The molecular weight excluding hydrogens is 196 g/mol. The molecule has 0 bridgehead atoms. The van der Waals surface area contributed by atoms with Crippen molar-refractivity contribution in [2.24, 2.45) is 5.92 Å². The van der Waals surface area contributed by atoms with E-state index in [-0.39, 0.29) is 0 Å². The largest absolute Gasteiger partial charge is 0.398 e. The van der Waals surface area contributed by atoms with Gasteiger partial charge in [0.2, 0.25) is 0 Å². The number of nitrogens with zero attached hydrogens (tertiary/aromatic N) is 1. The van der Waals surface area contributed by atoms with Gasteiger partial charge in [0, 0.05) is 16.8 Å². The molecule has 1 atom stereocenters. The van der Waals surface area contributed by atoms with Crippen LogP contribution in [-0.4, -0.2) is 4.98 Å². The van der Waals surface area contributed by atoms with Gasteiger partial charge in [-0.15, -0.1) is 0 Å². The van der Waals surface area contributed by atoms with Crippen molar-refractivity contribution in [3.8, 4) is 0 Å². The quantitative estimate of drug-likeness (QED) is 0.729. The number of nitrogen functional groups attached to an aromatic ring is 1. The second kappa shape index (κ2) is 3.21. The lowest BCUT2D eigenvalue weighted by molar-refractivity contribution is 0.624. The van der Waals surface area contributed by atoms with Crippen molar-refractivity contribution in [2.75, 3.05) is 5.73 Å². The van der Waals surface area contributed by atoms with E-state index in [1.807, 2.05) is 0 Å². The minimum absolute atomic E-state index is 0.682. The Kier molecular flexibility index (Phi) is 1.93. The fourth-order valence-electron chi connectivity index (χ4n) is 2.76. The van der Waals surface area contributed by atoms with Gasteiger partial charge in [0.25, 0.3) is 0 Å². The van der Waals surface area contributed by atoms with Crippen LogP contribution in [0.15, 0.2) is 18.2 Å².